The molecule has 0 radical (unpaired) electrons. The molecule has 3 rings (SSSR count). The van der Waals surface area contributed by atoms with E-state index in [4.69, 9.17) is 0 Å². The van der Waals surface area contributed by atoms with Crippen LogP contribution in [0.15, 0.2) is 36.5 Å². The maximum atomic E-state index is 12.3. The maximum Gasteiger partial charge on any atom is 0.274 e. The zero-order valence-electron chi connectivity index (χ0n) is 11.3. The number of hydrogen-bond donors (Lipinski definition) is 2. The van der Waals surface area contributed by atoms with Gasteiger partial charge in [-0.2, -0.15) is 15.4 Å². The average Bonchev–Trinajstić information content (AvgIpc) is 3.03. The molecule has 1 aromatic carbocycles. The first-order valence-electron chi connectivity index (χ1n) is 7.04. The van der Waals surface area contributed by atoms with Crippen molar-refractivity contribution in [2.45, 2.75) is 37.6 Å². The fourth-order valence-electron chi connectivity index (χ4n) is 2.99. The first kappa shape index (κ1) is 12.8. The van der Waals surface area contributed by atoms with Crippen molar-refractivity contribution in [3.8, 4) is 0 Å². The lowest BCUT2D eigenvalue weighted by molar-refractivity contribution is 0.0861. The van der Waals surface area contributed by atoms with Gasteiger partial charge in [0.05, 0.1) is 11.7 Å². The van der Waals surface area contributed by atoms with Crippen LogP contribution < -0.4 is 5.32 Å². The van der Waals surface area contributed by atoms with Gasteiger partial charge in [0.2, 0.25) is 0 Å². The van der Waals surface area contributed by atoms with Gasteiger partial charge in [-0.15, -0.1) is 0 Å². The zero-order valence-corrected chi connectivity index (χ0v) is 11.3. The summed E-state index contributed by atoms with van der Waals surface area (Å²) >= 11 is 0. The molecule has 1 aliphatic rings. The number of benzene rings is 1. The molecule has 1 aliphatic carbocycles. The second-order valence-corrected chi connectivity index (χ2v) is 5.32. The fraction of sp³-hybridized carbons (Fsp3) is 0.400. The van der Waals surface area contributed by atoms with Gasteiger partial charge >= 0.3 is 0 Å². The number of aromatic nitrogens is 3. The van der Waals surface area contributed by atoms with Crippen LogP contribution in [0.5, 0.6) is 0 Å². The van der Waals surface area contributed by atoms with Crippen molar-refractivity contribution in [3.05, 3.63) is 47.8 Å². The summed E-state index contributed by atoms with van der Waals surface area (Å²) in [5, 5.41) is 13.2. The Bertz CT molecular complexity index is 559. The Kier molecular flexibility index (Phi) is 3.50. The summed E-state index contributed by atoms with van der Waals surface area (Å²) in [4.78, 5) is 12.3. The lowest BCUT2D eigenvalue weighted by atomic mass is 9.76. The van der Waals surface area contributed by atoms with Crippen LogP contribution in [0.2, 0.25) is 0 Å². The molecule has 0 atom stereocenters. The topological polar surface area (TPSA) is 70.7 Å². The van der Waals surface area contributed by atoms with Gasteiger partial charge in [-0.1, -0.05) is 49.6 Å². The van der Waals surface area contributed by atoms with Gasteiger partial charge in [-0.3, -0.25) is 4.79 Å². The molecule has 1 aromatic heterocycles. The quantitative estimate of drug-likeness (QED) is 0.899. The lowest BCUT2D eigenvalue weighted by Gasteiger charge is -2.38. The van der Waals surface area contributed by atoms with Gasteiger partial charge in [0.25, 0.3) is 5.91 Å². The largest absolute Gasteiger partial charge is 0.341 e. The second kappa shape index (κ2) is 5.45. The molecule has 1 heterocycles. The van der Waals surface area contributed by atoms with Crippen molar-refractivity contribution in [3.63, 3.8) is 0 Å². The fourth-order valence-corrected chi connectivity index (χ4v) is 2.99. The molecule has 0 saturated heterocycles. The molecule has 1 saturated carbocycles. The van der Waals surface area contributed by atoms with E-state index in [-0.39, 0.29) is 11.4 Å². The molecule has 1 amide bonds. The van der Waals surface area contributed by atoms with Crippen LogP contribution in [0.1, 0.15) is 48.2 Å². The summed E-state index contributed by atoms with van der Waals surface area (Å²) in [6, 6.07) is 10.2. The van der Waals surface area contributed by atoms with Crippen LogP contribution in [0.3, 0.4) is 0 Å². The van der Waals surface area contributed by atoms with Gasteiger partial charge in [0.15, 0.2) is 5.69 Å². The Morgan fingerprint density at radius 3 is 2.55 bits per heavy atom. The molecule has 0 aliphatic heterocycles. The monoisotopic (exact) mass is 270 g/mol. The van der Waals surface area contributed by atoms with Crippen LogP contribution in [-0.2, 0) is 5.54 Å². The lowest BCUT2D eigenvalue weighted by Crippen LogP contribution is -2.47. The van der Waals surface area contributed by atoms with Gasteiger partial charge in [0.1, 0.15) is 0 Å². The Labute approximate surface area is 117 Å². The summed E-state index contributed by atoms with van der Waals surface area (Å²) in [6.07, 6.45) is 6.90. The predicted octanol–water partition coefficient (Wildman–Crippen LogP) is 2.39. The van der Waals surface area contributed by atoms with Crippen molar-refractivity contribution in [2.75, 3.05) is 0 Å². The van der Waals surface area contributed by atoms with E-state index in [1.165, 1.54) is 18.2 Å². The molecule has 2 aromatic rings. The third-order valence-electron chi connectivity index (χ3n) is 4.03. The van der Waals surface area contributed by atoms with Crippen molar-refractivity contribution in [1.29, 1.82) is 0 Å². The highest BCUT2D eigenvalue weighted by atomic mass is 16.2. The van der Waals surface area contributed by atoms with Crippen molar-refractivity contribution in [1.82, 2.24) is 20.7 Å². The number of carbonyl (C=O) groups is 1. The van der Waals surface area contributed by atoms with Gasteiger partial charge in [-0.05, 0) is 18.4 Å². The molecular weight excluding hydrogens is 252 g/mol. The smallest absolute Gasteiger partial charge is 0.274 e. The number of rotatable bonds is 3. The number of hydrogen-bond acceptors (Lipinski definition) is 3. The molecule has 0 bridgehead atoms. The maximum absolute atomic E-state index is 12.3. The highest BCUT2D eigenvalue weighted by molar-refractivity contribution is 5.92. The van der Waals surface area contributed by atoms with E-state index < -0.39 is 0 Å². The van der Waals surface area contributed by atoms with Gasteiger partial charge in [0, 0.05) is 0 Å². The Balaban J connectivity index is 1.88. The van der Waals surface area contributed by atoms with E-state index in [1.54, 1.807) is 0 Å². The number of carbonyl (C=O) groups excluding carboxylic acids is 1. The van der Waals surface area contributed by atoms with Gasteiger partial charge in [-0.25, -0.2) is 0 Å². The molecule has 5 heteroatoms. The molecule has 104 valence electrons. The summed E-state index contributed by atoms with van der Waals surface area (Å²) in [6.45, 7) is 0. The van der Waals surface area contributed by atoms with Crippen LogP contribution >= 0.6 is 0 Å². The average molecular weight is 270 g/mol. The first-order valence-corrected chi connectivity index (χ1v) is 7.04. The predicted molar refractivity (Wildman–Crippen MR) is 75.1 cm³/mol. The number of nitrogens with zero attached hydrogens (tertiary/aromatic N) is 2. The van der Waals surface area contributed by atoms with E-state index in [1.807, 2.05) is 18.2 Å². The standard InChI is InChI=1S/C15H18N4O/c20-14(13-11-16-19-18-13)17-15(9-5-2-6-10-15)12-7-3-1-4-8-12/h1,3-4,7-8,11H,2,5-6,9-10H2,(H,17,20)(H,16,18,19). The zero-order chi connectivity index (χ0) is 13.8. The van der Waals surface area contributed by atoms with E-state index in [0.29, 0.717) is 5.69 Å². The molecule has 1 fully saturated rings. The Hall–Kier alpha value is -2.17. The Morgan fingerprint density at radius 2 is 1.90 bits per heavy atom. The first-order chi connectivity index (χ1) is 9.80. The summed E-state index contributed by atoms with van der Waals surface area (Å²) < 4.78 is 0. The van der Waals surface area contributed by atoms with Crippen LogP contribution in [0.25, 0.3) is 0 Å². The molecule has 0 unspecified atom stereocenters. The van der Waals surface area contributed by atoms with Crippen molar-refractivity contribution in [2.24, 2.45) is 0 Å². The van der Waals surface area contributed by atoms with E-state index in [9.17, 15) is 4.79 Å². The molecule has 2 N–H and O–H groups in total. The van der Waals surface area contributed by atoms with Crippen LogP contribution in [0.4, 0.5) is 0 Å². The van der Waals surface area contributed by atoms with E-state index in [2.05, 4.69) is 32.9 Å². The molecule has 5 nitrogen and oxygen atoms in total. The summed E-state index contributed by atoms with van der Waals surface area (Å²) in [7, 11) is 0. The number of H-pyrrole nitrogens is 1. The molecule has 20 heavy (non-hydrogen) atoms. The van der Waals surface area contributed by atoms with E-state index in [0.717, 1.165) is 25.7 Å². The van der Waals surface area contributed by atoms with Gasteiger partial charge < -0.3 is 5.32 Å². The van der Waals surface area contributed by atoms with Crippen molar-refractivity contribution >= 4 is 5.91 Å². The van der Waals surface area contributed by atoms with Crippen LogP contribution in [-0.4, -0.2) is 21.3 Å². The highest BCUT2D eigenvalue weighted by Crippen LogP contribution is 2.37. The second-order valence-electron chi connectivity index (χ2n) is 5.32. The normalized spacial score (nSPS) is 17.6. The number of aromatic amines is 1. The highest BCUT2D eigenvalue weighted by Gasteiger charge is 2.35. The van der Waals surface area contributed by atoms with Crippen molar-refractivity contribution < 1.29 is 4.79 Å². The third-order valence-corrected chi connectivity index (χ3v) is 4.03. The van der Waals surface area contributed by atoms with E-state index >= 15 is 0 Å². The summed E-state index contributed by atoms with van der Waals surface area (Å²) in [5.41, 5.74) is 1.25. The summed E-state index contributed by atoms with van der Waals surface area (Å²) in [5.74, 6) is -0.162. The third kappa shape index (κ3) is 2.43. The molecule has 0 spiro atoms. The minimum Gasteiger partial charge on any atom is -0.341 e. The number of amides is 1. The number of nitrogens with one attached hydrogen (secondary N) is 2. The minimum atomic E-state index is -0.268. The van der Waals surface area contributed by atoms with Crippen LogP contribution in [0, 0.1) is 0 Å². The molecular formula is C15H18N4O. The SMILES string of the molecule is O=C(NC1(c2ccccc2)CCCCC1)c1cn[nH]n1. The Morgan fingerprint density at radius 1 is 1.15 bits per heavy atom. The minimum absolute atomic E-state index is 0.162.